The quantitative estimate of drug-likeness (QED) is 0.867. The van der Waals surface area contributed by atoms with E-state index >= 15 is 0 Å². The van der Waals surface area contributed by atoms with Crippen molar-refractivity contribution in [2.45, 2.75) is 13.0 Å². The molecule has 1 N–H and O–H groups in total. The average molecular weight is 377 g/mol. The zero-order valence-corrected chi connectivity index (χ0v) is 15.7. The fraction of sp³-hybridized carbons (Fsp3) is 0.389. The fourth-order valence-corrected chi connectivity index (χ4v) is 3.35. The maximum Gasteiger partial charge on any atom is 0.322 e. The zero-order chi connectivity index (χ0) is 19.0. The van der Waals surface area contributed by atoms with Crippen LogP contribution in [-0.2, 0) is 9.59 Å². The summed E-state index contributed by atoms with van der Waals surface area (Å²) in [5.41, 5.74) is 1.95. The normalized spacial score (nSPS) is 19.6. The molecule has 0 spiro atoms. The van der Waals surface area contributed by atoms with Gasteiger partial charge in [0.1, 0.15) is 6.54 Å². The standard InChI is InChI=1S/C18H21ClN4O3/c1-4-23-13-9-22(10-14(24)21(2)3)17(25)15(13)16(20-18(23)26)11-5-7-12(19)8-6-11/h5-8,16H,4,9-10H2,1-3H3,(H,20,26). The molecule has 0 radical (unpaired) electrons. The first-order valence-electron chi connectivity index (χ1n) is 8.39. The minimum Gasteiger partial charge on any atom is -0.347 e. The molecule has 0 aromatic heterocycles. The van der Waals surface area contributed by atoms with E-state index in [2.05, 4.69) is 5.32 Å². The number of likely N-dealkylation sites (N-methyl/N-ethyl adjacent to an activating group) is 2. The van der Waals surface area contributed by atoms with Gasteiger partial charge in [-0.3, -0.25) is 14.5 Å². The SMILES string of the molecule is CCN1C(=O)NC(c2ccc(Cl)cc2)C2=C1CN(CC(=O)N(C)C)C2=O. The molecule has 138 valence electrons. The van der Waals surface area contributed by atoms with Gasteiger partial charge in [0.05, 0.1) is 23.9 Å². The molecule has 0 fully saturated rings. The molecule has 8 heteroatoms. The van der Waals surface area contributed by atoms with Gasteiger partial charge in [0.2, 0.25) is 5.91 Å². The molecule has 1 aromatic rings. The lowest BCUT2D eigenvalue weighted by atomic mass is 9.95. The Bertz CT molecular complexity index is 788. The van der Waals surface area contributed by atoms with Crippen LogP contribution in [0.4, 0.5) is 4.79 Å². The number of urea groups is 1. The van der Waals surface area contributed by atoms with Crippen molar-refractivity contribution >= 4 is 29.4 Å². The topological polar surface area (TPSA) is 73.0 Å². The highest BCUT2D eigenvalue weighted by atomic mass is 35.5. The van der Waals surface area contributed by atoms with Crippen molar-refractivity contribution in [3.63, 3.8) is 0 Å². The summed E-state index contributed by atoms with van der Waals surface area (Å²) < 4.78 is 0. The smallest absolute Gasteiger partial charge is 0.322 e. The van der Waals surface area contributed by atoms with Crippen molar-refractivity contribution in [1.29, 1.82) is 0 Å². The second-order valence-electron chi connectivity index (χ2n) is 6.49. The van der Waals surface area contributed by atoms with Crippen molar-refractivity contribution in [2.75, 3.05) is 33.7 Å². The molecule has 3 rings (SSSR count). The van der Waals surface area contributed by atoms with Crippen LogP contribution in [0.3, 0.4) is 0 Å². The van der Waals surface area contributed by atoms with Crippen LogP contribution in [0.15, 0.2) is 35.5 Å². The minimum atomic E-state index is -0.551. The Morgan fingerprint density at radius 2 is 1.92 bits per heavy atom. The lowest BCUT2D eigenvalue weighted by Gasteiger charge is -2.32. The van der Waals surface area contributed by atoms with Crippen molar-refractivity contribution < 1.29 is 14.4 Å². The molecule has 0 bridgehead atoms. The molecule has 2 aliphatic heterocycles. The highest BCUT2D eigenvalue weighted by Crippen LogP contribution is 2.36. The van der Waals surface area contributed by atoms with Gasteiger partial charge in [-0.15, -0.1) is 0 Å². The number of carbonyl (C=O) groups is 3. The van der Waals surface area contributed by atoms with Crippen LogP contribution >= 0.6 is 11.6 Å². The van der Waals surface area contributed by atoms with Crippen LogP contribution in [0.1, 0.15) is 18.5 Å². The molecule has 2 aliphatic rings. The fourth-order valence-electron chi connectivity index (χ4n) is 3.22. The Kier molecular flexibility index (Phi) is 4.91. The Hall–Kier alpha value is -2.54. The van der Waals surface area contributed by atoms with Crippen molar-refractivity contribution in [3.05, 3.63) is 46.1 Å². The first-order chi connectivity index (χ1) is 12.3. The third-order valence-electron chi connectivity index (χ3n) is 4.64. The van der Waals surface area contributed by atoms with E-state index in [9.17, 15) is 14.4 Å². The summed E-state index contributed by atoms with van der Waals surface area (Å²) >= 11 is 5.95. The number of hydrogen-bond donors (Lipinski definition) is 1. The van der Waals surface area contributed by atoms with Gasteiger partial charge in [-0.25, -0.2) is 4.79 Å². The molecule has 0 saturated heterocycles. The van der Waals surface area contributed by atoms with Gasteiger partial charge in [-0.1, -0.05) is 23.7 Å². The number of nitrogens with zero attached hydrogens (tertiary/aromatic N) is 3. The maximum atomic E-state index is 13.0. The van der Waals surface area contributed by atoms with Gasteiger partial charge in [-0.2, -0.15) is 0 Å². The van der Waals surface area contributed by atoms with Crippen LogP contribution in [0.5, 0.6) is 0 Å². The van der Waals surface area contributed by atoms with Crippen molar-refractivity contribution in [1.82, 2.24) is 20.0 Å². The third-order valence-corrected chi connectivity index (χ3v) is 4.89. The summed E-state index contributed by atoms with van der Waals surface area (Å²) in [5, 5.41) is 3.47. The highest BCUT2D eigenvalue weighted by molar-refractivity contribution is 6.30. The van der Waals surface area contributed by atoms with E-state index in [1.165, 1.54) is 9.80 Å². The van der Waals surface area contributed by atoms with E-state index in [0.29, 0.717) is 22.8 Å². The Labute approximate surface area is 157 Å². The second kappa shape index (κ2) is 6.99. The zero-order valence-electron chi connectivity index (χ0n) is 15.0. The minimum absolute atomic E-state index is 0.0160. The number of nitrogens with one attached hydrogen (secondary N) is 1. The first-order valence-corrected chi connectivity index (χ1v) is 8.77. The number of carbonyl (C=O) groups excluding carboxylic acids is 3. The molecule has 7 nitrogen and oxygen atoms in total. The number of rotatable bonds is 4. The van der Waals surface area contributed by atoms with Gasteiger partial charge in [0.15, 0.2) is 0 Å². The molecular weight excluding hydrogens is 356 g/mol. The number of amides is 4. The van der Waals surface area contributed by atoms with E-state index in [1.54, 1.807) is 43.3 Å². The second-order valence-corrected chi connectivity index (χ2v) is 6.92. The average Bonchev–Trinajstić information content (AvgIpc) is 2.91. The predicted molar refractivity (Wildman–Crippen MR) is 97.4 cm³/mol. The molecule has 26 heavy (non-hydrogen) atoms. The van der Waals surface area contributed by atoms with Gasteiger partial charge in [0.25, 0.3) is 5.91 Å². The van der Waals surface area contributed by atoms with Gasteiger partial charge in [0, 0.05) is 25.7 Å². The first kappa shape index (κ1) is 18.3. The molecule has 0 saturated carbocycles. The van der Waals surface area contributed by atoms with Crippen LogP contribution in [-0.4, -0.2) is 66.3 Å². The Morgan fingerprint density at radius 1 is 1.27 bits per heavy atom. The van der Waals surface area contributed by atoms with Crippen LogP contribution in [0.25, 0.3) is 0 Å². The highest BCUT2D eigenvalue weighted by Gasteiger charge is 2.44. The Balaban J connectivity index is 1.97. The molecule has 1 atom stereocenters. The van der Waals surface area contributed by atoms with Crippen molar-refractivity contribution in [3.8, 4) is 0 Å². The molecule has 1 unspecified atom stereocenters. The number of benzene rings is 1. The summed E-state index contributed by atoms with van der Waals surface area (Å²) in [6.07, 6.45) is 0. The van der Waals surface area contributed by atoms with Gasteiger partial charge >= 0.3 is 6.03 Å². The van der Waals surface area contributed by atoms with E-state index in [0.717, 1.165) is 5.56 Å². The summed E-state index contributed by atoms with van der Waals surface area (Å²) in [6.45, 7) is 2.53. The van der Waals surface area contributed by atoms with E-state index < -0.39 is 6.04 Å². The predicted octanol–water partition coefficient (Wildman–Crippen LogP) is 1.61. The maximum absolute atomic E-state index is 13.0. The Morgan fingerprint density at radius 3 is 2.50 bits per heavy atom. The lowest BCUT2D eigenvalue weighted by molar-refractivity contribution is -0.136. The van der Waals surface area contributed by atoms with E-state index in [4.69, 9.17) is 11.6 Å². The summed E-state index contributed by atoms with van der Waals surface area (Å²) in [7, 11) is 3.30. The summed E-state index contributed by atoms with van der Waals surface area (Å²) in [6, 6.07) is 6.23. The van der Waals surface area contributed by atoms with Crippen LogP contribution in [0, 0.1) is 0 Å². The summed E-state index contributed by atoms with van der Waals surface area (Å²) in [5.74, 6) is -0.392. The van der Waals surface area contributed by atoms with E-state index in [1.807, 2.05) is 6.92 Å². The van der Waals surface area contributed by atoms with Crippen LogP contribution in [0.2, 0.25) is 5.02 Å². The number of halogens is 1. The molecule has 0 aliphatic carbocycles. The molecule has 1 aromatic carbocycles. The molecule has 2 heterocycles. The lowest BCUT2D eigenvalue weighted by Crippen LogP contribution is -2.47. The molecule has 4 amide bonds. The summed E-state index contributed by atoms with van der Waals surface area (Å²) in [4.78, 5) is 42.1. The van der Waals surface area contributed by atoms with Crippen LogP contribution < -0.4 is 5.32 Å². The van der Waals surface area contributed by atoms with Gasteiger partial charge in [-0.05, 0) is 24.6 Å². The largest absolute Gasteiger partial charge is 0.347 e. The number of hydrogen-bond acceptors (Lipinski definition) is 3. The van der Waals surface area contributed by atoms with E-state index in [-0.39, 0.29) is 30.9 Å². The molecular formula is C18H21ClN4O3. The van der Waals surface area contributed by atoms with Gasteiger partial charge < -0.3 is 15.1 Å². The van der Waals surface area contributed by atoms with Crippen molar-refractivity contribution in [2.24, 2.45) is 0 Å². The monoisotopic (exact) mass is 376 g/mol. The third kappa shape index (κ3) is 3.14.